The second kappa shape index (κ2) is 32.3. The van der Waals surface area contributed by atoms with Gasteiger partial charge in [-0.15, -0.1) is 0 Å². The maximum atomic E-state index is 11.5. The van der Waals surface area contributed by atoms with Gasteiger partial charge in [-0.2, -0.15) is 0 Å². The molecule has 0 aliphatic heterocycles. The molecule has 0 saturated heterocycles. The van der Waals surface area contributed by atoms with E-state index in [0.717, 1.165) is 38.8 Å². The van der Waals surface area contributed by atoms with Crippen LogP contribution in [-0.2, 0) is 47.4 Å². The molecule has 0 saturated carbocycles. The number of esters is 1. The minimum absolute atomic E-state index is 0.148. The molecular formula is C27H55NO10. The third-order valence-corrected chi connectivity index (χ3v) is 5.01. The average Bonchev–Trinajstić information content (AvgIpc) is 2.90. The van der Waals surface area contributed by atoms with Crippen molar-refractivity contribution in [3.63, 3.8) is 0 Å². The summed E-state index contributed by atoms with van der Waals surface area (Å²) in [4.78, 5) is 13.6. The molecule has 0 N–H and O–H groups in total. The van der Waals surface area contributed by atoms with E-state index in [2.05, 4.69) is 11.8 Å². The molecule has 0 fully saturated rings. The monoisotopic (exact) mass is 553 g/mol. The van der Waals surface area contributed by atoms with Crippen LogP contribution in [0.5, 0.6) is 0 Å². The molecule has 38 heavy (non-hydrogen) atoms. The summed E-state index contributed by atoms with van der Waals surface area (Å²) >= 11 is 0. The zero-order valence-electron chi connectivity index (χ0n) is 24.3. The molecule has 0 aromatic rings. The van der Waals surface area contributed by atoms with Crippen LogP contribution in [0.1, 0.15) is 39.0 Å². The number of carbonyl (C=O) groups excluding carboxylic acids is 1. The molecule has 0 aliphatic carbocycles. The van der Waals surface area contributed by atoms with Crippen LogP contribution < -0.4 is 0 Å². The van der Waals surface area contributed by atoms with Crippen LogP contribution in [0.3, 0.4) is 0 Å². The van der Waals surface area contributed by atoms with Gasteiger partial charge in [-0.3, -0.25) is 4.79 Å². The number of likely N-dealkylation sites (N-methyl/N-ethyl adjacent to an activating group) is 1. The van der Waals surface area contributed by atoms with Crippen LogP contribution in [0.25, 0.3) is 0 Å². The van der Waals surface area contributed by atoms with Gasteiger partial charge >= 0.3 is 5.97 Å². The Bertz CT molecular complexity index is 471. The van der Waals surface area contributed by atoms with Gasteiger partial charge in [0.1, 0.15) is 6.61 Å². The van der Waals surface area contributed by atoms with Gasteiger partial charge in [0.05, 0.1) is 106 Å². The highest BCUT2D eigenvalue weighted by Gasteiger charge is 2.02. The fourth-order valence-corrected chi connectivity index (χ4v) is 2.87. The Morgan fingerprint density at radius 2 is 0.816 bits per heavy atom. The van der Waals surface area contributed by atoms with E-state index in [1.807, 2.05) is 14.1 Å². The number of unbranched alkanes of at least 4 members (excludes halogenated alkanes) is 3. The Kier molecular flexibility index (Phi) is 31.6. The van der Waals surface area contributed by atoms with Gasteiger partial charge in [0, 0.05) is 13.0 Å². The van der Waals surface area contributed by atoms with Crippen molar-refractivity contribution >= 4 is 5.97 Å². The number of nitrogens with zero attached hydrogens (tertiary/aromatic N) is 1. The number of hydrogen-bond donors (Lipinski definition) is 0. The first-order valence-electron chi connectivity index (χ1n) is 14.1. The Morgan fingerprint density at radius 1 is 0.474 bits per heavy atom. The summed E-state index contributed by atoms with van der Waals surface area (Å²) < 4.78 is 48.6. The first kappa shape index (κ1) is 37.1. The lowest BCUT2D eigenvalue weighted by Gasteiger charge is -2.10. The molecule has 0 aromatic heterocycles. The third-order valence-electron chi connectivity index (χ3n) is 5.01. The van der Waals surface area contributed by atoms with Crippen LogP contribution in [0, 0.1) is 0 Å². The van der Waals surface area contributed by atoms with Crippen LogP contribution in [0.4, 0.5) is 0 Å². The van der Waals surface area contributed by atoms with E-state index in [-0.39, 0.29) is 5.97 Å². The predicted molar refractivity (Wildman–Crippen MR) is 145 cm³/mol. The Hall–Kier alpha value is -0.890. The maximum Gasteiger partial charge on any atom is 0.305 e. The molecule has 0 spiro atoms. The first-order valence-corrected chi connectivity index (χ1v) is 14.1. The lowest BCUT2D eigenvalue weighted by molar-refractivity contribution is -0.145. The molecule has 0 radical (unpaired) electrons. The molecular weight excluding hydrogens is 498 g/mol. The number of ether oxygens (including phenoxy) is 9. The predicted octanol–water partition coefficient (Wildman–Crippen LogP) is 2.19. The quantitative estimate of drug-likeness (QED) is 0.0905. The standard InChI is InChI=1S/C27H55NO10/c1-4-5-6-7-8-27(29)38-26-25-37-24-23-36-22-21-35-20-19-34-18-17-33-16-15-32-14-13-31-12-11-30-10-9-28(2)3/h4-26H2,1-3H3. The van der Waals surface area contributed by atoms with Gasteiger partial charge in [0.25, 0.3) is 0 Å². The Balaban J connectivity index is 3.08. The maximum absolute atomic E-state index is 11.5. The summed E-state index contributed by atoms with van der Waals surface area (Å²) in [7, 11) is 4.04. The molecule has 0 bridgehead atoms. The molecule has 11 nitrogen and oxygen atoms in total. The number of rotatable bonds is 32. The van der Waals surface area contributed by atoms with Crippen molar-refractivity contribution in [3.8, 4) is 0 Å². The third kappa shape index (κ3) is 33.1. The van der Waals surface area contributed by atoms with Gasteiger partial charge in [-0.25, -0.2) is 0 Å². The fourth-order valence-electron chi connectivity index (χ4n) is 2.87. The normalized spacial score (nSPS) is 11.5. The van der Waals surface area contributed by atoms with Crippen molar-refractivity contribution < 1.29 is 47.4 Å². The largest absolute Gasteiger partial charge is 0.463 e. The highest BCUT2D eigenvalue weighted by Crippen LogP contribution is 2.03. The summed E-state index contributed by atoms with van der Waals surface area (Å²) in [5, 5.41) is 0. The van der Waals surface area contributed by atoms with Crippen molar-refractivity contribution in [2.24, 2.45) is 0 Å². The minimum Gasteiger partial charge on any atom is -0.463 e. The van der Waals surface area contributed by atoms with Crippen molar-refractivity contribution in [1.82, 2.24) is 4.90 Å². The molecule has 11 heteroatoms. The zero-order valence-corrected chi connectivity index (χ0v) is 24.3. The first-order chi connectivity index (χ1) is 18.7. The van der Waals surface area contributed by atoms with Gasteiger partial charge in [-0.1, -0.05) is 26.2 Å². The van der Waals surface area contributed by atoms with E-state index in [1.54, 1.807) is 0 Å². The van der Waals surface area contributed by atoms with Gasteiger partial charge in [0.2, 0.25) is 0 Å². The lowest BCUT2D eigenvalue weighted by Crippen LogP contribution is -2.19. The second-order valence-electron chi connectivity index (χ2n) is 8.73. The molecule has 0 atom stereocenters. The van der Waals surface area contributed by atoms with Crippen LogP contribution in [-0.4, -0.2) is 144 Å². The fraction of sp³-hybridized carbons (Fsp3) is 0.963. The molecule has 0 amide bonds. The summed E-state index contributed by atoms with van der Waals surface area (Å²) in [5.74, 6) is -0.148. The van der Waals surface area contributed by atoms with Crippen LogP contribution in [0.15, 0.2) is 0 Å². The lowest BCUT2D eigenvalue weighted by atomic mass is 10.2. The molecule has 0 aromatic carbocycles. The molecule has 0 heterocycles. The zero-order chi connectivity index (χ0) is 27.8. The van der Waals surface area contributed by atoms with E-state index in [4.69, 9.17) is 42.6 Å². The molecule has 0 unspecified atom stereocenters. The molecule has 0 aliphatic rings. The molecule has 228 valence electrons. The van der Waals surface area contributed by atoms with Crippen LogP contribution >= 0.6 is 0 Å². The highest BCUT2D eigenvalue weighted by atomic mass is 16.6. The number of hydrogen-bond acceptors (Lipinski definition) is 11. The van der Waals surface area contributed by atoms with Gasteiger partial charge in [0.15, 0.2) is 0 Å². The smallest absolute Gasteiger partial charge is 0.305 e. The van der Waals surface area contributed by atoms with Crippen molar-refractivity contribution in [2.45, 2.75) is 39.0 Å². The summed E-state index contributed by atoms with van der Waals surface area (Å²) in [5.41, 5.74) is 0. The second-order valence-corrected chi connectivity index (χ2v) is 8.73. The Labute approximate surface area is 230 Å². The minimum atomic E-state index is -0.148. The van der Waals surface area contributed by atoms with Crippen molar-refractivity contribution in [3.05, 3.63) is 0 Å². The van der Waals surface area contributed by atoms with E-state index >= 15 is 0 Å². The Morgan fingerprint density at radius 3 is 1.16 bits per heavy atom. The SMILES string of the molecule is CCCCCCC(=O)OCCOCCOCCOCCOCCOCCOCCOCCOCCN(C)C. The van der Waals surface area contributed by atoms with Gasteiger partial charge < -0.3 is 47.5 Å². The van der Waals surface area contributed by atoms with Gasteiger partial charge in [-0.05, 0) is 20.5 Å². The van der Waals surface area contributed by atoms with Crippen molar-refractivity contribution in [1.29, 1.82) is 0 Å². The summed E-state index contributed by atoms with van der Waals surface area (Å²) in [6.45, 7) is 11.8. The van der Waals surface area contributed by atoms with E-state index < -0.39 is 0 Å². The summed E-state index contributed by atoms with van der Waals surface area (Å²) in [6.07, 6.45) is 4.78. The van der Waals surface area contributed by atoms with E-state index in [1.165, 1.54) is 0 Å². The van der Waals surface area contributed by atoms with E-state index in [0.29, 0.717) is 112 Å². The summed E-state index contributed by atoms with van der Waals surface area (Å²) in [6, 6.07) is 0. The number of carbonyl (C=O) groups is 1. The topological polar surface area (TPSA) is 103 Å². The molecule has 0 rings (SSSR count). The average molecular weight is 554 g/mol. The highest BCUT2D eigenvalue weighted by molar-refractivity contribution is 5.69. The van der Waals surface area contributed by atoms with Crippen LogP contribution in [0.2, 0.25) is 0 Å². The van der Waals surface area contributed by atoms with E-state index in [9.17, 15) is 4.79 Å². The van der Waals surface area contributed by atoms with Crippen molar-refractivity contribution in [2.75, 3.05) is 133 Å².